The molecule has 1 heterocycles. The number of carboxylic acids is 1. The summed E-state index contributed by atoms with van der Waals surface area (Å²) in [5, 5.41) is 7.88. The molecule has 1 saturated heterocycles. The van der Waals surface area contributed by atoms with E-state index in [1.807, 2.05) is 6.07 Å². The van der Waals surface area contributed by atoms with Gasteiger partial charge in [-0.25, -0.2) is 8.42 Å². The third-order valence-electron chi connectivity index (χ3n) is 4.21. The molecule has 7 heteroatoms. The summed E-state index contributed by atoms with van der Waals surface area (Å²) < 4.78 is 24.1. The van der Waals surface area contributed by atoms with Crippen molar-refractivity contribution in [3.05, 3.63) is 35.9 Å². The molecule has 1 fully saturated rings. The lowest BCUT2D eigenvalue weighted by Crippen LogP contribution is -2.48. The van der Waals surface area contributed by atoms with E-state index in [2.05, 4.69) is 0 Å². The molecule has 1 aromatic carbocycles. The lowest BCUT2D eigenvalue weighted by molar-refractivity contribution is -0.145. The maximum atomic E-state index is 12.6. The summed E-state index contributed by atoms with van der Waals surface area (Å²) in [5.74, 6) is -1.74. The smallest absolute Gasteiger partial charge is 0.306 e. The van der Waals surface area contributed by atoms with Gasteiger partial charge in [0.2, 0.25) is 5.91 Å². The highest BCUT2D eigenvalue weighted by atomic mass is 32.2. The number of likely N-dealkylation sites (tertiary alicyclic amines) is 1. The van der Waals surface area contributed by atoms with Crippen molar-refractivity contribution in [1.82, 2.24) is 4.90 Å². The Morgan fingerprint density at radius 1 is 1.22 bits per heavy atom. The zero-order valence-electron chi connectivity index (χ0n) is 13.0. The van der Waals surface area contributed by atoms with Gasteiger partial charge >= 0.3 is 5.97 Å². The number of nitrogens with zero attached hydrogens (tertiary/aromatic N) is 1. The van der Waals surface area contributed by atoms with Crippen molar-refractivity contribution >= 4 is 21.7 Å². The minimum absolute atomic E-state index is 0.136. The highest BCUT2D eigenvalue weighted by Crippen LogP contribution is 2.20. The second kappa shape index (κ2) is 7.12. The second-order valence-electron chi connectivity index (χ2n) is 5.95. The van der Waals surface area contributed by atoms with E-state index in [4.69, 9.17) is 5.11 Å². The van der Waals surface area contributed by atoms with Gasteiger partial charge in [0.25, 0.3) is 0 Å². The van der Waals surface area contributed by atoms with E-state index < -0.39 is 32.9 Å². The number of carboxylic acid groups (broad SMARTS) is 1. The summed E-state index contributed by atoms with van der Waals surface area (Å²) in [6.45, 7) is 0.577. The first-order chi connectivity index (χ1) is 10.8. The highest BCUT2D eigenvalue weighted by molar-refractivity contribution is 7.92. The van der Waals surface area contributed by atoms with Crippen LogP contribution in [-0.2, 0) is 25.8 Å². The molecule has 1 N–H and O–H groups in total. The van der Waals surface area contributed by atoms with Crippen molar-refractivity contribution in [2.45, 2.75) is 24.5 Å². The van der Waals surface area contributed by atoms with Gasteiger partial charge in [-0.05, 0) is 24.8 Å². The maximum absolute atomic E-state index is 12.6. The van der Waals surface area contributed by atoms with Gasteiger partial charge in [-0.3, -0.25) is 9.59 Å². The number of carbonyl (C=O) groups excluding carboxylic acids is 1. The Morgan fingerprint density at radius 2 is 1.78 bits per heavy atom. The van der Waals surface area contributed by atoms with Crippen molar-refractivity contribution in [2.24, 2.45) is 5.92 Å². The zero-order valence-corrected chi connectivity index (χ0v) is 13.8. The molecule has 1 atom stereocenters. The molecular formula is C16H21NO5S. The molecule has 2 rings (SSSR count). The molecule has 1 aliphatic heterocycles. The fourth-order valence-corrected chi connectivity index (χ4v) is 3.81. The molecule has 0 aromatic heterocycles. The van der Waals surface area contributed by atoms with Crippen molar-refractivity contribution in [2.75, 3.05) is 19.3 Å². The average molecular weight is 339 g/mol. The summed E-state index contributed by atoms with van der Waals surface area (Å²) in [6, 6.07) is 9.02. The monoisotopic (exact) mass is 339 g/mol. The maximum Gasteiger partial charge on any atom is 0.306 e. The summed E-state index contributed by atoms with van der Waals surface area (Å²) in [5.41, 5.74) is 0.789. The molecule has 0 unspecified atom stereocenters. The van der Waals surface area contributed by atoms with Crippen LogP contribution in [-0.4, -0.2) is 54.9 Å². The molecule has 23 heavy (non-hydrogen) atoms. The molecule has 6 nitrogen and oxygen atoms in total. The first-order valence-electron chi connectivity index (χ1n) is 7.53. The third-order valence-corrected chi connectivity index (χ3v) is 5.61. The molecule has 0 bridgehead atoms. The average Bonchev–Trinajstić information content (AvgIpc) is 2.52. The van der Waals surface area contributed by atoms with E-state index in [9.17, 15) is 18.0 Å². The molecule has 1 amide bonds. The van der Waals surface area contributed by atoms with Crippen LogP contribution in [0.25, 0.3) is 0 Å². The van der Waals surface area contributed by atoms with Crippen molar-refractivity contribution in [1.29, 1.82) is 0 Å². The number of benzene rings is 1. The number of rotatable bonds is 5. The van der Waals surface area contributed by atoms with Crippen LogP contribution in [0.2, 0.25) is 0 Å². The molecule has 0 aliphatic carbocycles. The standard InChI is InChI=1S/C16H21NO5S/c1-23(21,22)14(11-12-5-3-2-4-6-12)15(18)17-9-7-13(8-10-17)16(19)20/h2-6,13-14H,7-11H2,1H3,(H,19,20)/t14-/m1/s1. The Bertz CT molecular complexity index is 663. The molecule has 0 radical (unpaired) electrons. The molecule has 0 spiro atoms. The van der Waals surface area contributed by atoms with Crippen LogP contribution in [0.15, 0.2) is 30.3 Å². The van der Waals surface area contributed by atoms with Crippen LogP contribution in [0.4, 0.5) is 0 Å². The summed E-state index contributed by atoms with van der Waals surface area (Å²) in [7, 11) is -3.55. The van der Waals surface area contributed by atoms with E-state index in [1.165, 1.54) is 4.90 Å². The van der Waals surface area contributed by atoms with Crippen LogP contribution in [0.3, 0.4) is 0 Å². The number of hydrogen-bond donors (Lipinski definition) is 1. The van der Waals surface area contributed by atoms with E-state index in [1.54, 1.807) is 24.3 Å². The van der Waals surface area contributed by atoms with Crippen LogP contribution >= 0.6 is 0 Å². The first kappa shape index (κ1) is 17.5. The van der Waals surface area contributed by atoms with Gasteiger partial charge in [0.05, 0.1) is 5.92 Å². The van der Waals surface area contributed by atoms with Gasteiger partial charge in [-0.1, -0.05) is 30.3 Å². The number of aliphatic carboxylic acids is 1. The fourth-order valence-electron chi connectivity index (χ4n) is 2.80. The van der Waals surface area contributed by atoms with Crippen molar-refractivity contribution in [3.8, 4) is 0 Å². The minimum Gasteiger partial charge on any atom is -0.481 e. The van der Waals surface area contributed by atoms with Gasteiger partial charge in [-0.2, -0.15) is 0 Å². The van der Waals surface area contributed by atoms with Gasteiger partial charge in [0.15, 0.2) is 9.84 Å². The lowest BCUT2D eigenvalue weighted by atomic mass is 9.96. The summed E-state index contributed by atoms with van der Waals surface area (Å²) >= 11 is 0. The van der Waals surface area contributed by atoms with E-state index >= 15 is 0 Å². The number of amides is 1. The predicted octanol–water partition coefficient (Wildman–Crippen LogP) is 0.965. The Labute approximate surface area is 136 Å². The molecule has 0 saturated carbocycles. The van der Waals surface area contributed by atoms with Crippen LogP contribution in [0, 0.1) is 5.92 Å². The van der Waals surface area contributed by atoms with E-state index in [-0.39, 0.29) is 19.5 Å². The SMILES string of the molecule is CS(=O)(=O)[C@H](Cc1ccccc1)C(=O)N1CCC(C(=O)O)CC1. The Hall–Kier alpha value is -1.89. The predicted molar refractivity (Wildman–Crippen MR) is 85.7 cm³/mol. The number of hydrogen-bond acceptors (Lipinski definition) is 4. The molecular weight excluding hydrogens is 318 g/mol. The summed E-state index contributed by atoms with van der Waals surface area (Å²) in [4.78, 5) is 25.1. The van der Waals surface area contributed by atoms with Gasteiger partial charge in [0, 0.05) is 19.3 Å². The van der Waals surface area contributed by atoms with Gasteiger partial charge in [-0.15, -0.1) is 0 Å². The molecule has 1 aliphatic rings. The Balaban J connectivity index is 2.11. The van der Waals surface area contributed by atoms with Crippen LogP contribution in [0.1, 0.15) is 18.4 Å². The van der Waals surface area contributed by atoms with Crippen molar-refractivity contribution in [3.63, 3.8) is 0 Å². The zero-order chi connectivity index (χ0) is 17.0. The fraction of sp³-hybridized carbons (Fsp3) is 0.500. The van der Waals surface area contributed by atoms with Crippen LogP contribution in [0.5, 0.6) is 0 Å². The van der Waals surface area contributed by atoms with Gasteiger partial charge < -0.3 is 10.0 Å². The highest BCUT2D eigenvalue weighted by Gasteiger charge is 2.35. The Kier molecular flexibility index (Phi) is 5.41. The van der Waals surface area contributed by atoms with E-state index in [0.717, 1.165) is 11.8 Å². The van der Waals surface area contributed by atoms with E-state index in [0.29, 0.717) is 12.8 Å². The molecule has 1 aromatic rings. The number of sulfone groups is 1. The first-order valence-corrected chi connectivity index (χ1v) is 9.49. The van der Waals surface area contributed by atoms with Crippen LogP contribution < -0.4 is 0 Å². The lowest BCUT2D eigenvalue weighted by Gasteiger charge is -2.32. The number of piperidine rings is 1. The quantitative estimate of drug-likeness (QED) is 0.863. The molecule has 126 valence electrons. The third kappa shape index (κ3) is 4.54. The Morgan fingerprint density at radius 3 is 2.26 bits per heavy atom. The number of carbonyl (C=O) groups is 2. The normalized spacial score (nSPS) is 17.7. The topological polar surface area (TPSA) is 91.8 Å². The van der Waals surface area contributed by atoms with Gasteiger partial charge in [0.1, 0.15) is 5.25 Å². The summed E-state index contributed by atoms with van der Waals surface area (Å²) in [6.07, 6.45) is 1.94. The largest absolute Gasteiger partial charge is 0.481 e. The van der Waals surface area contributed by atoms with Crippen molar-refractivity contribution < 1.29 is 23.1 Å². The minimum atomic E-state index is -3.55. The second-order valence-corrected chi connectivity index (χ2v) is 8.17.